The number of alkyl halides is 1. The summed E-state index contributed by atoms with van der Waals surface area (Å²) in [5, 5.41) is 29.2. The van der Waals surface area contributed by atoms with Crippen LogP contribution in [0.1, 0.15) is 28.4 Å². The van der Waals surface area contributed by atoms with E-state index in [1.165, 1.54) is 18.2 Å². The Balaban J connectivity index is 3.15. The van der Waals surface area contributed by atoms with E-state index in [0.29, 0.717) is 11.8 Å². The number of hydrogen-bond donors (Lipinski definition) is 3. The van der Waals surface area contributed by atoms with Gasteiger partial charge in [-0.15, -0.1) is 0 Å². The Labute approximate surface area is 112 Å². The van der Waals surface area contributed by atoms with Crippen molar-refractivity contribution in [1.82, 2.24) is 0 Å². The van der Waals surface area contributed by atoms with E-state index in [1.54, 1.807) is 0 Å². The lowest BCUT2D eigenvalue weighted by Gasteiger charge is -2.20. The fourth-order valence-corrected chi connectivity index (χ4v) is 2.24. The monoisotopic (exact) mass is 322 g/mol. The van der Waals surface area contributed by atoms with Crippen molar-refractivity contribution in [1.29, 1.82) is 0 Å². The van der Waals surface area contributed by atoms with E-state index < -0.39 is 18.2 Å². The zero-order valence-electron chi connectivity index (χ0n) is 8.81. The van der Waals surface area contributed by atoms with Gasteiger partial charge in [0.2, 0.25) is 0 Å². The van der Waals surface area contributed by atoms with Gasteiger partial charge in [-0.05, 0) is 18.6 Å². The highest BCUT2D eigenvalue weighted by atomic mass is 79.9. The van der Waals surface area contributed by atoms with Crippen LogP contribution in [0.15, 0.2) is 18.2 Å². The summed E-state index contributed by atoms with van der Waals surface area (Å²) in [7, 11) is 0. The standard InChI is InChI=1S/C11H12BrClO4/c12-5-4-8(14)10(15)9-6(11(16)17)2-1-3-7(9)13/h1-3,8,10,14-15H,4-5H2,(H,16,17). The first kappa shape index (κ1) is 14.4. The van der Waals surface area contributed by atoms with Gasteiger partial charge >= 0.3 is 5.97 Å². The van der Waals surface area contributed by atoms with Crippen molar-refractivity contribution in [2.45, 2.75) is 18.6 Å². The quantitative estimate of drug-likeness (QED) is 0.726. The smallest absolute Gasteiger partial charge is 0.336 e. The summed E-state index contributed by atoms with van der Waals surface area (Å²) >= 11 is 9.00. The van der Waals surface area contributed by atoms with Gasteiger partial charge in [0, 0.05) is 15.9 Å². The Morgan fingerprint density at radius 3 is 2.59 bits per heavy atom. The zero-order chi connectivity index (χ0) is 13.0. The minimum Gasteiger partial charge on any atom is -0.478 e. The van der Waals surface area contributed by atoms with E-state index in [-0.39, 0.29) is 16.1 Å². The molecule has 1 aromatic carbocycles. The van der Waals surface area contributed by atoms with Gasteiger partial charge in [-0.3, -0.25) is 0 Å². The van der Waals surface area contributed by atoms with Crippen molar-refractivity contribution in [2.75, 3.05) is 5.33 Å². The number of rotatable bonds is 5. The van der Waals surface area contributed by atoms with Gasteiger partial charge in [0.25, 0.3) is 0 Å². The van der Waals surface area contributed by atoms with E-state index in [1.807, 2.05) is 0 Å². The minimum absolute atomic E-state index is 0.0510. The molecule has 0 amide bonds. The largest absolute Gasteiger partial charge is 0.478 e. The van der Waals surface area contributed by atoms with Gasteiger partial charge in [0.15, 0.2) is 0 Å². The van der Waals surface area contributed by atoms with Gasteiger partial charge in [-0.2, -0.15) is 0 Å². The molecule has 17 heavy (non-hydrogen) atoms. The van der Waals surface area contributed by atoms with Crippen molar-refractivity contribution in [3.63, 3.8) is 0 Å². The number of aromatic carboxylic acids is 1. The van der Waals surface area contributed by atoms with Crippen molar-refractivity contribution in [3.8, 4) is 0 Å². The Bertz CT molecular complexity index is 410. The SMILES string of the molecule is O=C(O)c1cccc(Cl)c1C(O)C(O)CCBr. The predicted molar refractivity (Wildman–Crippen MR) is 67.8 cm³/mol. The molecule has 0 spiro atoms. The highest BCUT2D eigenvalue weighted by Crippen LogP contribution is 2.30. The van der Waals surface area contributed by atoms with Crippen LogP contribution >= 0.6 is 27.5 Å². The number of aliphatic hydroxyl groups is 2. The first-order valence-corrected chi connectivity index (χ1v) is 6.42. The number of aliphatic hydroxyl groups excluding tert-OH is 2. The summed E-state index contributed by atoms with van der Waals surface area (Å²) in [4.78, 5) is 11.0. The normalized spacial score (nSPS) is 14.4. The molecule has 0 aliphatic carbocycles. The molecule has 3 N–H and O–H groups in total. The van der Waals surface area contributed by atoms with Crippen molar-refractivity contribution < 1.29 is 20.1 Å². The van der Waals surface area contributed by atoms with Crippen LogP contribution in [0.5, 0.6) is 0 Å². The van der Waals surface area contributed by atoms with Gasteiger partial charge in [-0.25, -0.2) is 4.79 Å². The summed E-state index contributed by atoms with van der Waals surface area (Å²) in [5.74, 6) is -1.19. The number of carboxylic acid groups (broad SMARTS) is 1. The first-order chi connectivity index (χ1) is 7.99. The molecule has 1 rings (SSSR count). The fourth-order valence-electron chi connectivity index (χ4n) is 1.49. The Kier molecular flexibility index (Phi) is 5.39. The van der Waals surface area contributed by atoms with Crippen molar-refractivity contribution >= 4 is 33.5 Å². The number of halogens is 2. The highest BCUT2D eigenvalue weighted by Gasteiger charge is 2.25. The van der Waals surface area contributed by atoms with E-state index >= 15 is 0 Å². The van der Waals surface area contributed by atoms with Crippen LogP contribution in [0, 0.1) is 0 Å². The van der Waals surface area contributed by atoms with Crippen LogP contribution in [0.25, 0.3) is 0 Å². The predicted octanol–water partition coefficient (Wildman–Crippen LogP) is 2.22. The maximum absolute atomic E-state index is 11.0. The van der Waals surface area contributed by atoms with Crippen LogP contribution in [-0.4, -0.2) is 32.7 Å². The minimum atomic E-state index is -1.31. The summed E-state index contributed by atoms with van der Waals surface area (Å²) in [6.07, 6.45) is -2.08. The van der Waals surface area contributed by atoms with E-state index in [9.17, 15) is 15.0 Å². The molecule has 2 unspecified atom stereocenters. The van der Waals surface area contributed by atoms with E-state index in [0.717, 1.165) is 0 Å². The molecule has 0 fully saturated rings. The van der Waals surface area contributed by atoms with Crippen molar-refractivity contribution in [3.05, 3.63) is 34.3 Å². The number of benzene rings is 1. The Morgan fingerprint density at radius 1 is 1.41 bits per heavy atom. The zero-order valence-corrected chi connectivity index (χ0v) is 11.1. The second kappa shape index (κ2) is 6.35. The average Bonchev–Trinajstić information content (AvgIpc) is 2.28. The lowest BCUT2D eigenvalue weighted by atomic mass is 9.97. The molecule has 0 aliphatic heterocycles. The van der Waals surface area contributed by atoms with Gasteiger partial charge in [0.05, 0.1) is 11.7 Å². The number of carbonyl (C=O) groups is 1. The molecule has 6 heteroatoms. The lowest BCUT2D eigenvalue weighted by Crippen LogP contribution is -2.21. The molecule has 1 aromatic rings. The maximum Gasteiger partial charge on any atom is 0.336 e. The van der Waals surface area contributed by atoms with Gasteiger partial charge in [0.1, 0.15) is 6.10 Å². The second-order valence-electron chi connectivity index (χ2n) is 3.50. The summed E-state index contributed by atoms with van der Waals surface area (Å²) in [6, 6.07) is 4.31. The summed E-state index contributed by atoms with van der Waals surface area (Å²) < 4.78 is 0. The maximum atomic E-state index is 11.0. The topological polar surface area (TPSA) is 77.8 Å². The molecule has 0 saturated heterocycles. The molecular weight excluding hydrogens is 311 g/mol. The van der Waals surface area contributed by atoms with Gasteiger partial charge < -0.3 is 15.3 Å². The van der Waals surface area contributed by atoms with Crippen LogP contribution in [-0.2, 0) is 0 Å². The molecule has 4 nitrogen and oxygen atoms in total. The molecular formula is C11H12BrClO4. The lowest BCUT2D eigenvalue weighted by molar-refractivity contribution is 0.0164. The average molecular weight is 324 g/mol. The third kappa shape index (κ3) is 3.42. The summed E-state index contributed by atoms with van der Waals surface area (Å²) in [6.45, 7) is 0. The fraction of sp³-hybridized carbons (Fsp3) is 0.364. The van der Waals surface area contributed by atoms with Crippen LogP contribution in [0.2, 0.25) is 5.02 Å². The molecule has 2 atom stereocenters. The van der Waals surface area contributed by atoms with Gasteiger partial charge in [-0.1, -0.05) is 33.6 Å². The first-order valence-electron chi connectivity index (χ1n) is 4.92. The van der Waals surface area contributed by atoms with Crippen LogP contribution in [0.3, 0.4) is 0 Å². The van der Waals surface area contributed by atoms with E-state index in [2.05, 4.69) is 15.9 Å². The Hall–Kier alpha value is -0.620. The third-order valence-electron chi connectivity index (χ3n) is 2.35. The third-order valence-corrected chi connectivity index (χ3v) is 3.14. The van der Waals surface area contributed by atoms with E-state index in [4.69, 9.17) is 16.7 Å². The molecule has 0 radical (unpaired) electrons. The number of hydrogen-bond acceptors (Lipinski definition) is 3. The highest BCUT2D eigenvalue weighted by molar-refractivity contribution is 9.09. The Morgan fingerprint density at radius 2 is 2.06 bits per heavy atom. The molecule has 94 valence electrons. The molecule has 0 aromatic heterocycles. The molecule has 0 heterocycles. The second-order valence-corrected chi connectivity index (χ2v) is 4.70. The van der Waals surface area contributed by atoms with Crippen molar-refractivity contribution in [2.24, 2.45) is 0 Å². The number of carboxylic acids is 1. The van der Waals surface area contributed by atoms with Crippen LogP contribution < -0.4 is 0 Å². The van der Waals surface area contributed by atoms with Crippen LogP contribution in [0.4, 0.5) is 0 Å². The molecule has 0 aliphatic rings. The molecule has 0 bridgehead atoms. The summed E-state index contributed by atoms with van der Waals surface area (Å²) in [5.41, 5.74) is -0.0475. The molecule has 0 saturated carbocycles.